The molecule has 0 aromatic carbocycles. The van der Waals surface area contributed by atoms with Gasteiger partial charge in [0.15, 0.2) is 5.78 Å². The van der Waals surface area contributed by atoms with Gasteiger partial charge in [-0.15, -0.1) is 0 Å². The smallest absolute Gasteiger partial charge is 0.311 e. The Morgan fingerprint density at radius 1 is 1.40 bits per heavy atom. The van der Waals surface area contributed by atoms with Crippen molar-refractivity contribution in [2.24, 2.45) is 22.7 Å². The molecule has 1 fully saturated rings. The molecule has 2 bridgehead atoms. The number of ketones is 1. The molecule has 0 radical (unpaired) electrons. The van der Waals surface area contributed by atoms with Crippen LogP contribution < -0.4 is 0 Å². The van der Waals surface area contributed by atoms with E-state index in [0.717, 1.165) is 25.7 Å². The van der Waals surface area contributed by atoms with E-state index in [1.54, 1.807) is 6.08 Å². The van der Waals surface area contributed by atoms with E-state index in [4.69, 9.17) is 4.74 Å². The van der Waals surface area contributed by atoms with Gasteiger partial charge in [-0.2, -0.15) is 0 Å². The van der Waals surface area contributed by atoms with Crippen LogP contribution >= 0.6 is 0 Å². The van der Waals surface area contributed by atoms with Gasteiger partial charge in [0.05, 0.1) is 12.0 Å². The lowest BCUT2D eigenvalue weighted by molar-refractivity contribution is -0.153. The van der Waals surface area contributed by atoms with Gasteiger partial charge in [-0.3, -0.25) is 9.59 Å². The Bertz CT molecular complexity index is 430. The summed E-state index contributed by atoms with van der Waals surface area (Å²) in [7, 11) is 0. The van der Waals surface area contributed by atoms with Gasteiger partial charge < -0.3 is 4.74 Å². The van der Waals surface area contributed by atoms with Gasteiger partial charge in [0, 0.05) is 5.92 Å². The molecule has 112 valence electrons. The zero-order chi connectivity index (χ0) is 15.0. The predicted molar refractivity (Wildman–Crippen MR) is 78.1 cm³/mol. The van der Waals surface area contributed by atoms with Crippen molar-refractivity contribution in [3.63, 3.8) is 0 Å². The maximum absolute atomic E-state index is 11.8. The number of allylic oxidation sites excluding steroid dienone is 2. The highest BCUT2D eigenvalue weighted by molar-refractivity contribution is 5.93. The summed E-state index contributed by atoms with van der Waals surface area (Å²) in [4.78, 5) is 23.5. The van der Waals surface area contributed by atoms with Crippen LogP contribution in [0.5, 0.6) is 0 Å². The van der Waals surface area contributed by atoms with Crippen LogP contribution in [0.2, 0.25) is 0 Å². The Labute approximate surface area is 121 Å². The molecule has 20 heavy (non-hydrogen) atoms. The summed E-state index contributed by atoms with van der Waals surface area (Å²) in [6.07, 6.45) is 7.85. The minimum atomic E-state index is -0.428. The normalized spacial score (nSPS) is 32.5. The molecule has 0 spiro atoms. The Morgan fingerprint density at radius 2 is 2.10 bits per heavy atom. The summed E-state index contributed by atoms with van der Waals surface area (Å²) in [6.45, 7) is 8.27. The second-order valence-electron chi connectivity index (χ2n) is 7.58. The highest BCUT2D eigenvalue weighted by Gasteiger charge is 2.46. The first-order valence-corrected chi connectivity index (χ1v) is 7.64. The lowest BCUT2D eigenvalue weighted by Crippen LogP contribution is -2.25. The van der Waals surface area contributed by atoms with Crippen LogP contribution in [-0.4, -0.2) is 18.4 Å². The van der Waals surface area contributed by atoms with E-state index in [1.807, 2.05) is 20.8 Å². The zero-order valence-electron chi connectivity index (χ0n) is 13.1. The number of ether oxygens (including phenoxy) is 1. The van der Waals surface area contributed by atoms with Crippen LogP contribution in [0.15, 0.2) is 12.2 Å². The van der Waals surface area contributed by atoms with Crippen molar-refractivity contribution in [1.82, 2.24) is 0 Å². The summed E-state index contributed by atoms with van der Waals surface area (Å²) in [6, 6.07) is 0. The largest absolute Gasteiger partial charge is 0.465 e. The molecule has 3 atom stereocenters. The van der Waals surface area contributed by atoms with Gasteiger partial charge >= 0.3 is 5.97 Å². The fourth-order valence-corrected chi connectivity index (χ4v) is 3.50. The lowest BCUT2D eigenvalue weighted by atomic mass is 9.77. The van der Waals surface area contributed by atoms with Crippen molar-refractivity contribution in [1.29, 1.82) is 0 Å². The Balaban J connectivity index is 1.82. The SMILES string of the molecule is CC1C[C@@]2(CCCOC(=O)C(C)(C)C)C=CC(=O)[C@@H]1C2. The monoisotopic (exact) mass is 278 g/mol. The summed E-state index contributed by atoms with van der Waals surface area (Å²) < 4.78 is 5.32. The minimum Gasteiger partial charge on any atom is -0.465 e. The molecule has 1 saturated carbocycles. The molecule has 2 rings (SSSR count). The standard InChI is InChI=1S/C17H26O3/c1-12-10-17(8-6-14(18)13(12)11-17)7-5-9-20-15(19)16(2,3)4/h6,8,12-13H,5,7,9-11H2,1-4H3/t12?,13-,17-/m1/s1. The molecule has 2 aliphatic rings. The van der Waals surface area contributed by atoms with Crippen LogP contribution in [0.3, 0.4) is 0 Å². The molecule has 3 heteroatoms. The molecule has 0 amide bonds. The van der Waals surface area contributed by atoms with Crippen molar-refractivity contribution >= 4 is 11.8 Å². The average Bonchev–Trinajstić information content (AvgIpc) is 2.63. The maximum atomic E-state index is 11.8. The summed E-state index contributed by atoms with van der Waals surface area (Å²) in [5, 5.41) is 0. The third kappa shape index (κ3) is 3.13. The molecule has 0 saturated heterocycles. The Kier molecular flexibility index (Phi) is 4.08. The highest BCUT2D eigenvalue weighted by atomic mass is 16.5. The van der Waals surface area contributed by atoms with Gasteiger partial charge in [-0.05, 0) is 63.9 Å². The number of rotatable bonds is 4. The van der Waals surface area contributed by atoms with Crippen LogP contribution in [-0.2, 0) is 14.3 Å². The third-order valence-corrected chi connectivity index (χ3v) is 4.67. The summed E-state index contributed by atoms with van der Waals surface area (Å²) in [5.41, 5.74) is -0.255. The number of carbonyl (C=O) groups is 2. The lowest BCUT2D eigenvalue weighted by Gasteiger charge is -2.28. The van der Waals surface area contributed by atoms with Gasteiger partial charge in [-0.1, -0.05) is 13.0 Å². The van der Waals surface area contributed by atoms with Crippen LogP contribution in [0.4, 0.5) is 0 Å². The third-order valence-electron chi connectivity index (χ3n) is 4.67. The van der Waals surface area contributed by atoms with Crippen molar-refractivity contribution in [3.8, 4) is 0 Å². The molecule has 0 aliphatic heterocycles. The van der Waals surface area contributed by atoms with E-state index in [9.17, 15) is 9.59 Å². The van der Waals surface area contributed by atoms with Crippen molar-refractivity contribution < 1.29 is 14.3 Å². The number of fused-ring (bicyclic) bond motifs is 2. The molecule has 3 nitrogen and oxygen atoms in total. The van der Waals surface area contributed by atoms with E-state index in [0.29, 0.717) is 18.3 Å². The zero-order valence-corrected chi connectivity index (χ0v) is 13.1. The molecule has 2 aliphatic carbocycles. The van der Waals surface area contributed by atoms with Gasteiger partial charge in [-0.25, -0.2) is 0 Å². The molecular formula is C17H26O3. The number of carbonyl (C=O) groups excluding carboxylic acids is 2. The number of hydrogen-bond acceptors (Lipinski definition) is 3. The summed E-state index contributed by atoms with van der Waals surface area (Å²) in [5.74, 6) is 0.860. The molecule has 0 aromatic heterocycles. The van der Waals surface area contributed by atoms with E-state index in [1.165, 1.54) is 0 Å². The highest BCUT2D eigenvalue weighted by Crippen LogP contribution is 2.52. The number of hydrogen-bond donors (Lipinski definition) is 0. The molecule has 1 unspecified atom stereocenters. The second kappa shape index (κ2) is 5.34. The average molecular weight is 278 g/mol. The first kappa shape index (κ1) is 15.3. The fourth-order valence-electron chi connectivity index (χ4n) is 3.50. The van der Waals surface area contributed by atoms with E-state index in [-0.39, 0.29) is 17.3 Å². The van der Waals surface area contributed by atoms with Crippen LogP contribution in [0.25, 0.3) is 0 Å². The Hall–Kier alpha value is -1.12. The first-order chi connectivity index (χ1) is 9.23. The van der Waals surface area contributed by atoms with E-state index in [2.05, 4.69) is 13.0 Å². The number of esters is 1. The van der Waals surface area contributed by atoms with E-state index >= 15 is 0 Å². The Morgan fingerprint density at radius 3 is 2.75 bits per heavy atom. The van der Waals surface area contributed by atoms with Crippen LogP contribution in [0.1, 0.15) is 53.4 Å². The van der Waals surface area contributed by atoms with Crippen molar-refractivity contribution in [2.75, 3.05) is 6.61 Å². The molecular weight excluding hydrogens is 252 g/mol. The maximum Gasteiger partial charge on any atom is 0.311 e. The molecule has 0 N–H and O–H groups in total. The van der Waals surface area contributed by atoms with E-state index < -0.39 is 5.41 Å². The predicted octanol–water partition coefficient (Wildman–Crippen LogP) is 3.53. The second-order valence-corrected chi connectivity index (χ2v) is 7.58. The fraction of sp³-hybridized carbons (Fsp3) is 0.765. The summed E-state index contributed by atoms with van der Waals surface area (Å²) >= 11 is 0. The topological polar surface area (TPSA) is 43.4 Å². The van der Waals surface area contributed by atoms with Gasteiger partial charge in [0.1, 0.15) is 0 Å². The van der Waals surface area contributed by atoms with Gasteiger partial charge in [0.25, 0.3) is 0 Å². The first-order valence-electron chi connectivity index (χ1n) is 7.64. The van der Waals surface area contributed by atoms with Crippen LogP contribution in [0, 0.1) is 22.7 Å². The van der Waals surface area contributed by atoms with Crippen molar-refractivity contribution in [3.05, 3.63) is 12.2 Å². The van der Waals surface area contributed by atoms with Gasteiger partial charge in [0.2, 0.25) is 0 Å². The molecule has 0 aromatic rings. The minimum absolute atomic E-state index is 0.137. The van der Waals surface area contributed by atoms with Crippen molar-refractivity contribution in [2.45, 2.75) is 53.4 Å². The quantitative estimate of drug-likeness (QED) is 0.583. The molecule has 0 heterocycles.